The molecule has 64 valence electrons. The standard InChI is InChI=1S/C8H9NO3/c10-8(11)5-1-2-7-6(3-5)4-12-9-7/h4-5H,1-3H2,(H,10,11). The highest BCUT2D eigenvalue weighted by molar-refractivity contribution is 5.70. The van der Waals surface area contributed by atoms with Gasteiger partial charge in [0.25, 0.3) is 0 Å². The Morgan fingerprint density at radius 1 is 1.75 bits per heavy atom. The fraction of sp³-hybridized carbons (Fsp3) is 0.500. The van der Waals surface area contributed by atoms with Gasteiger partial charge in [0.2, 0.25) is 0 Å². The summed E-state index contributed by atoms with van der Waals surface area (Å²) in [6, 6.07) is 0. The molecule has 4 nitrogen and oxygen atoms in total. The largest absolute Gasteiger partial charge is 0.481 e. The highest BCUT2D eigenvalue weighted by Crippen LogP contribution is 2.24. The van der Waals surface area contributed by atoms with Crippen LogP contribution in [0.2, 0.25) is 0 Å². The van der Waals surface area contributed by atoms with Gasteiger partial charge in [0, 0.05) is 5.56 Å². The molecule has 4 heteroatoms. The quantitative estimate of drug-likeness (QED) is 0.673. The van der Waals surface area contributed by atoms with Crippen LogP contribution in [0.1, 0.15) is 17.7 Å². The van der Waals surface area contributed by atoms with E-state index in [1.54, 1.807) is 6.26 Å². The van der Waals surface area contributed by atoms with Gasteiger partial charge in [-0.15, -0.1) is 0 Å². The van der Waals surface area contributed by atoms with Crippen molar-refractivity contribution in [1.82, 2.24) is 5.16 Å². The predicted molar refractivity (Wildman–Crippen MR) is 39.7 cm³/mol. The molecule has 0 fully saturated rings. The van der Waals surface area contributed by atoms with Gasteiger partial charge in [0.1, 0.15) is 6.26 Å². The Bertz CT molecular complexity index is 305. The first-order chi connectivity index (χ1) is 5.77. The van der Waals surface area contributed by atoms with Crippen molar-refractivity contribution < 1.29 is 14.4 Å². The molecule has 0 spiro atoms. The number of hydrogen-bond acceptors (Lipinski definition) is 3. The molecular formula is C8H9NO3. The Morgan fingerprint density at radius 2 is 2.58 bits per heavy atom. The summed E-state index contributed by atoms with van der Waals surface area (Å²) in [7, 11) is 0. The molecule has 0 saturated carbocycles. The molecule has 1 aliphatic rings. The maximum Gasteiger partial charge on any atom is 0.306 e. The number of fused-ring (bicyclic) bond motifs is 1. The van der Waals surface area contributed by atoms with E-state index in [0.29, 0.717) is 12.8 Å². The SMILES string of the molecule is O=C(O)C1CCc2nocc2C1. The number of rotatable bonds is 1. The average Bonchev–Trinajstić information content (AvgIpc) is 2.49. The first kappa shape index (κ1) is 7.34. The van der Waals surface area contributed by atoms with Crippen LogP contribution < -0.4 is 0 Å². The van der Waals surface area contributed by atoms with Gasteiger partial charge in [-0.2, -0.15) is 0 Å². The molecule has 1 aromatic heterocycles. The van der Waals surface area contributed by atoms with Crippen LogP contribution in [0.4, 0.5) is 0 Å². The number of carbonyl (C=O) groups is 1. The van der Waals surface area contributed by atoms with Crippen molar-refractivity contribution in [3.63, 3.8) is 0 Å². The summed E-state index contributed by atoms with van der Waals surface area (Å²) >= 11 is 0. The normalized spacial score (nSPS) is 21.8. The third-order valence-corrected chi connectivity index (χ3v) is 2.27. The highest BCUT2D eigenvalue weighted by atomic mass is 16.5. The maximum atomic E-state index is 10.6. The van der Waals surface area contributed by atoms with Crippen molar-refractivity contribution in [2.24, 2.45) is 5.92 Å². The molecule has 1 unspecified atom stereocenters. The summed E-state index contributed by atoms with van der Waals surface area (Å²) in [5.41, 5.74) is 1.88. The Morgan fingerprint density at radius 3 is 3.33 bits per heavy atom. The molecule has 1 N–H and O–H groups in total. The fourth-order valence-corrected chi connectivity index (χ4v) is 1.54. The van der Waals surface area contributed by atoms with E-state index >= 15 is 0 Å². The van der Waals surface area contributed by atoms with E-state index in [1.807, 2.05) is 0 Å². The second-order valence-corrected chi connectivity index (χ2v) is 3.06. The van der Waals surface area contributed by atoms with Crippen molar-refractivity contribution >= 4 is 5.97 Å². The summed E-state index contributed by atoms with van der Waals surface area (Å²) in [6.45, 7) is 0. The lowest BCUT2D eigenvalue weighted by molar-refractivity contribution is -0.142. The minimum atomic E-state index is -0.721. The first-order valence-corrected chi connectivity index (χ1v) is 3.92. The molecule has 1 aromatic rings. The van der Waals surface area contributed by atoms with Gasteiger partial charge in [-0.1, -0.05) is 5.16 Å². The third-order valence-electron chi connectivity index (χ3n) is 2.27. The van der Waals surface area contributed by atoms with Crippen LogP contribution >= 0.6 is 0 Å². The number of carboxylic acid groups (broad SMARTS) is 1. The number of carboxylic acids is 1. The Balaban J connectivity index is 2.20. The van der Waals surface area contributed by atoms with Crippen molar-refractivity contribution in [3.8, 4) is 0 Å². The molecule has 1 aliphatic carbocycles. The number of nitrogens with zero attached hydrogens (tertiary/aromatic N) is 1. The summed E-state index contributed by atoms with van der Waals surface area (Å²) in [6.07, 6.45) is 3.51. The Labute approximate surface area is 69.2 Å². The van der Waals surface area contributed by atoms with E-state index in [0.717, 1.165) is 17.7 Å². The maximum absolute atomic E-state index is 10.6. The van der Waals surface area contributed by atoms with Crippen molar-refractivity contribution in [1.29, 1.82) is 0 Å². The molecular weight excluding hydrogens is 158 g/mol. The van der Waals surface area contributed by atoms with E-state index in [1.165, 1.54) is 0 Å². The van der Waals surface area contributed by atoms with Gasteiger partial charge >= 0.3 is 5.97 Å². The van der Waals surface area contributed by atoms with Gasteiger partial charge in [-0.3, -0.25) is 4.79 Å². The zero-order valence-corrected chi connectivity index (χ0v) is 6.49. The van der Waals surface area contributed by atoms with Crippen molar-refractivity contribution in [2.75, 3.05) is 0 Å². The monoisotopic (exact) mass is 167 g/mol. The van der Waals surface area contributed by atoms with Crippen LogP contribution in [-0.4, -0.2) is 16.2 Å². The zero-order chi connectivity index (χ0) is 8.55. The lowest BCUT2D eigenvalue weighted by atomic mass is 9.88. The molecule has 12 heavy (non-hydrogen) atoms. The fourth-order valence-electron chi connectivity index (χ4n) is 1.54. The molecule has 1 heterocycles. The number of aliphatic carboxylic acids is 1. The predicted octanol–water partition coefficient (Wildman–Crippen LogP) is 0.864. The number of hydrogen-bond donors (Lipinski definition) is 1. The van der Waals surface area contributed by atoms with Crippen LogP contribution in [0.3, 0.4) is 0 Å². The highest BCUT2D eigenvalue weighted by Gasteiger charge is 2.26. The van der Waals surface area contributed by atoms with Gasteiger partial charge in [-0.25, -0.2) is 0 Å². The van der Waals surface area contributed by atoms with E-state index in [-0.39, 0.29) is 5.92 Å². The average molecular weight is 167 g/mol. The molecule has 0 bridgehead atoms. The van der Waals surface area contributed by atoms with Gasteiger partial charge in [0.05, 0.1) is 11.6 Å². The first-order valence-electron chi connectivity index (χ1n) is 3.92. The topological polar surface area (TPSA) is 63.3 Å². The molecule has 0 saturated heterocycles. The lowest BCUT2D eigenvalue weighted by Gasteiger charge is -2.15. The zero-order valence-electron chi connectivity index (χ0n) is 6.49. The second-order valence-electron chi connectivity index (χ2n) is 3.06. The molecule has 0 radical (unpaired) electrons. The van der Waals surface area contributed by atoms with Crippen LogP contribution in [0.15, 0.2) is 10.8 Å². The van der Waals surface area contributed by atoms with E-state index in [4.69, 9.17) is 9.63 Å². The minimum Gasteiger partial charge on any atom is -0.481 e. The second kappa shape index (κ2) is 2.62. The smallest absolute Gasteiger partial charge is 0.306 e. The molecule has 0 amide bonds. The Kier molecular flexibility index (Phi) is 1.60. The molecule has 0 aromatic carbocycles. The number of aromatic nitrogens is 1. The molecule has 2 rings (SSSR count). The van der Waals surface area contributed by atoms with E-state index in [2.05, 4.69) is 5.16 Å². The molecule has 0 aliphatic heterocycles. The van der Waals surface area contributed by atoms with Gasteiger partial charge in [0.15, 0.2) is 0 Å². The van der Waals surface area contributed by atoms with E-state index < -0.39 is 5.97 Å². The summed E-state index contributed by atoms with van der Waals surface area (Å²) in [4.78, 5) is 10.6. The summed E-state index contributed by atoms with van der Waals surface area (Å²) in [5, 5.41) is 12.5. The van der Waals surface area contributed by atoms with Crippen LogP contribution in [0.5, 0.6) is 0 Å². The summed E-state index contributed by atoms with van der Waals surface area (Å²) in [5.74, 6) is -0.973. The van der Waals surface area contributed by atoms with Gasteiger partial charge in [-0.05, 0) is 19.3 Å². The van der Waals surface area contributed by atoms with Crippen LogP contribution in [0.25, 0.3) is 0 Å². The summed E-state index contributed by atoms with van der Waals surface area (Å²) < 4.78 is 4.75. The van der Waals surface area contributed by atoms with Gasteiger partial charge < -0.3 is 9.63 Å². The van der Waals surface area contributed by atoms with E-state index in [9.17, 15) is 4.79 Å². The molecule has 1 atom stereocenters. The lowest BCUT2D eigenvalue weighted by Crippen LogP contribution is -2.21. The number of aryl methyl sites for hydroxylation is 1. The van der Waals surface area contributed by atoms with Crippen molar-refractivity contribution in [3.05, 3.63) is 17.5 Å². The third kappa shape index (κ3) is 1.09. The van der Waals surface area contributed by atoms with Crippen LogP contribution in [0, 0.1) is 5.92 Å². The minimum absolute atomic E-state index is 0.253. The van der Waals surface area contributed by atoms with Crippen molar-refractivity contribution in [2.45, 2.75) is 19.3 Å². The van der Waals surface area contributed by atoms with Crippen LogP contribution in [-0.2, 0) is 17.6 Å². The Hall–Kier alpha value is -1.32.